The fraction of sp³-hybridized carbons (Fsp3) is 0.263. The van der Waals surface area contributed by atoms with Crippen LogP contribution in [0.5, 0.6) is 0 Å². The fourth-order valence-electron chi connectivity index (χ4n) is 3.31. The van der Waals surface area contributed by atoms with E-state index < -0.39 is 21.5 Å². The van der Waals surface area contributed by atoms with Crippen LogP contribution < -0.4 is 5.32 Å². The summed E-state index contributed by atoms with van der Waals surface area (Å²) in [6.07, 6.45) is 0.729. The van der Waals surface area contributed by atoms with E-state index in [1.54, 1.807) is 37.4 Å². The molecule has 2 aromatic carbocycles. The first-order chi connectivity index (χ1) is 13.5. The molecule has 1 saturated heterocycles. The van der Waals surface area contributed by atoms with Crippen molar-refractivity contribution < 1.29 is 22.2 Å². The summed E-state index contributed by atoms with van der Waals surface area (Å²) in [5.74, 6) is -1.05. The maximum Gasteiger partial charge on any atom is 0.264 e. The van der Waals surface area contributed by atoms with Crippen molar-refractivity contribution in [2.75, 3.05) is 12.8 Å². The Bertz CT molecular complexity index is 1080. The van der Waals surface area contributed by atoms with Crippen molar-refractivity contribution in [2.45, 2.75) is 18.4 Å². The third kappa shape index (κ3) is 4.35. The zero-order valence-corrected chi connectivity index (χ0v) is 18.6. The molecule has 0 aromatic heterocycles. The van der Waals surface area contributed by atoms with Crippen molar-refractivity contribution in [3.8, 4) is 0 Å². The Morgan fingerprint density at radius 2 is 1.83 bits per heavy atom. The number of aryl methyl sites for hydroxylation is 1. The number of hydrogen-bond donors (Lipinski definition) is 2. The highest BCUT2D eigenvalue weighted by Crippen LogP contribution is 2.37. The SMILES string of the molecule is CN1C(=O)C(c2ccc(CCCS(=O)(=O)O)cc2)(c2ccc(F)c(Br)c2)NC1=S. The molecular weight excluding hydrogens is 483 g/mol. The molecule has 6 nitrogen and oxygen atoms in total. The number of carbonyl (C=O) groups is 1. The second-order valence-corrected chi connectivity index (χ2v) is 9.57. The fourth-order valence-corrected chi connectivity index (χ4v) is 4.43. The Hall–Kier alpha value is -1.88. The summed E-state index contributed by atoms with van der Waals surface area (Å²) in [5.41, 5.74) is 0.705. The lowest BCUT2D eigenvalue weighted by Crippen LogP contribution is -2.45. The van der Waals surface area contributed by atoms with Crippen LogP contribution in [0.25, 0.3) is 0 Å². The van der Waals surface area contributed by atoms with E-state index in [0.717, 1.165) is 5.56 Å². The molecule has 10 heteroatoms. The number of nitrogens with one attached hydrogen (secondary N) is 1. The van der Waals surface area contributed by atoms with E-state index in [9.17, 15) is 17.6 Å². The lowest BCUT2D eigenvalue weighted by Gasteiger charge is -2.28. The van der Waals surface area contributed by atoms with E-state index in [0.29, 0.717) is 17.5 Å². The smallest absolute Gasteiger partial charge is 0.264 e. The van der Waals surface area contributed by atoms with Gasteiger partial charge < -0.3 is 5.32 Å². The number of amides is 1. The molecule has 1 aliphatic rings. The van der Waals surface area contributed by atoms with E-state index >= 15 is 0 Å². The van der Waals surface area contributed by atoms with Gasteiger partial charge in [0.2, 0.25) is 0 Å². The number of carbonyl (C=O) groups excluding carboxylic acids is 1. The molecule has 3 rings (SSSR count). The zero-order chi connectivity index (χ0) is 21.4. The summed E-state index contributed by atoms with van der Waals surface area (Å²) in [4.78, 5) is 14.5. The average molecular weight is 501 g/mol. The Labute approximate surface area is 182 Å². The molecule has 1 atom stereocenters. The van der Waals surface area contributed by atoms with E-state index in [2.05, 4.69) is 21.2 Å². The first-order valence-electron chi connectivity index (χ1n) is 8.65. The second-order valence-electron chi connectivity index (χ2n) is 6.76. The molecule has 1 unspecified atom stereocenters. The van der Waals surface area contributed by atoms with Crippen molar-refractivity contribution in [2.24, 2.45) is 0 Å². The van der Waals surface area contributed by atoms with Crippen LogP contribution in [0.1, 0.15) is 23.1 Å². The summed E-state index contributed by atoms with van der Waals surface area (Å²) in [6.45, 7) is 0. The molecule has 1 amide bonds. The zero-order valence-electron chi connectivity index (χ0n) is 15.4. The minimum atomic E-state index is -4.00. The molecule has 0 saturated carbocycles. The average Bonchev–Trinajstić information content (AvgIpc) is 2.88. The molecule has 0 spiro atoms. The number of hydrogen-bond acceptors (Lipinski definition) is 4. The number of thiocarbonyl (C=S) groups is 1. The molecule has 1 fully saturated rings. The first kappa shape index (κ1) is 21.8. The van der Waals surface area contributed by atoms with Crippen LogP contribution in [0, 0.1) is 5.82 Å². The van der Waals surface area contributed by atoms with Crippen LogP contribution in [0.4, 0.5) is 4.39 Å². The summed E-state index contributed by atoms with van der Waals surface area (Å²) < 4.78 is 44.6. The van der Waals surface area contributed by atoms with Gasteiger partial charge in [0.15, 0.2) is 10.7 Å². The largest absolute Gasteiger partial charge is 0.341 e. The van der Waals surface area contributed by atoms with Crippen molar-refractivity contribution in [3.63, 3.8) is 0 Å². The molecule has 2 N–H and O–H groups in total. The predicted octanol–water partition coefficient (Wildman–Crippen LogP) is 3.00. The summed E-state index contributed by atoms with van der Waals surface area (Å²) in [7, 11) is -2.43. The van der Waals surface area contributed by atoms with Gasteiger partial charge in [-0.3, -0.25) is 14.2 Å². The highest BCUT2D eigenvalue weighted by Gasteiger charge is 2.50. The van der Waals surface area contributed by atoms with Crippen molar-refractivity contribution in [1.29, 1.82) is 0 Å². The summed E-state index contributed by atoms with van der Waals surface area (Å²) in [5, 5.41) is 3.34. The quantitative estimate of drug-likeness (QED) is 0.468. The van der Waals surface area contributed by atoms with E-state index in [1.807, 2.05) is 0 Å². The Kier molecular flexibility index (Phi) is 6.09. The third-order valence-electron chi connectivity index (χ3n) is 4.83. The maximum atomic E-state index is 13.8. The highest BCUT2D eigenvalue weighted by molar-refractivity contribution is 9.10. The number of nitrogens with zero attached hydrogens (tertiary/aromatic N) is 1. The van der Waals surface area contributed by atoms with Crippen LogP contribution >= 0.6 is 28.1 Å². The Balaban J connectivity index is 1.99. The molecule has 154 valence electrons. The van der Waals surface area contributed by atoms with Crippen molar-refractivity contribution >= 4 is 49.3 Å². The maximum absolute atomic E-state index is 13.8. The summed E-state index contributed by atoms with van der Waals surface area (Å²) in [6, 6.07) is 11.4. The molecule has 1 aliphatic heterocycles. The summed E-state index contributed by atoms with van der Waals surface area (Å²) >= 11 is 8.44. The van der Waals surface area contributed by atoms with Gasteiger partial charge in [0.1, 0.15) is 5.82 Å². The lowest BCUT2D eigenvalue weighted by atomic mass is 9.82. The lowest BCUT2D eigenvalue weighted by molar-refractivity contribution is -0.129. The van der Waals surface area contributed by atoms with Gasteiger partial charge >= 0.3 is 0 Å². The number of halogens is 2. The highest BCUT2D eigenvalue weighted by atomic mass is 79.9. The molecule has 2 aromatic rings. The van der Waals surface area contributed by atoms with Gasteiger partial charge in [0, 0.05) is 7.05 Å². The number of likely N-dealkylation sites (N-methyl/N-ethyl adjacent to an activating group) is 1. The monoisotopic (exact) mass is 500 g/mol. The van der Waals surface area contributed by atoms with Gasteiger partial charge in [-0.25, -0.2) is 4.39 Å². The molecule has 0 radical (unpaired) electrons. The van der Waals surface area contributed by atoms with Gasteiger partial charge in [-0.15, -0.1) is 0 Å². The standard InChI is InChI=1S/C19H18BrFN2O4S2/c1-23-17(24)19(22-18(23)28,14-8-9-16(21)15(20)11-14)13-6-4-12(5-7-13)3-2-10-29(25,26)27/h4-9,11H,2-3,10H2,1H3,(H,22,28)(H,25,26,27). The molecule has 0 bridgehead atoms. The Morgan fingerprint density at radius 3 is 2.34 bits per heavy atom. The molecule has 0 aliphatic carbocycles. The minimum Gasteiger partial charge on any atom is -0.341 e. The predicted molar refractivity (Wildman–Crippen MR) is 115 cm³/mol. The van der Waals surface area contributed by atoms with Gasteiger partial charge in [-0.2, -0.15) is 8.42 Å². The third-order valence-corrected chi connectivity index (χ3v) is 6.62. The number of rotatable bonds is 6. The van der Waals surface area contributed by atoms with Gasteiger partial charge in [-0.1, -0.05) is 30.3 Å². The minimum absolute atomic E-state index is 0.228. The first-order valence-corrected chi connectivity index (χ1v) is 11.5. The van der Waals surface area contributed by atoms with Gasteiger partial charge in [-0.05, 0) is 69.8 Å². The normalized spacial score (nSPS) is 19.5. The van der Waals surface area contributed by atoms with Crippen LogP contribution in [0.15, 0.2) is 46.9 Å². The number of benzene rings is 2. The van der Waals surface area contributed by atoms with Crippen LogP contribution in [-0.4, -0.2) is 41.7 Å². The topological polar surface area (TPSA) is 86.7 Å². The molecule has 29 heavy (non-hydrogen) atoms. The van der Waals surface area contributed by atoms with E-state index in [4.69, 9.17) is 16.8 Å². The molecular formula is C19H18BrFN2O4S2. The van der Waals surface area contributed by atoms with Crippen LogP contribution in [0.2, 0.25) is 0 Å². The van der Waals surface area contributed by atoms with Gasteiger partial charge in [0.25, 0.3) is 16.0 Å². The van der Waals surface area contributed by atoms with Gasteiger partial charge in [0.05, 0.1) is 10.2 Å². The van der Waals surface area contributed by atoms with Crippen molar-refractivity contribution in [3.05, 3.63) is 69.4 Å². The van der Waals surface area contributed by atoms with Crippen LogP contribution in [0.3, 0.4) is 0 Å². The van der Waals surface area contributed by atoms with Crippen LogP contribution in [-0.2, 0) is 26.9 Å². The second kappa shape index (κ2) is 8.10. The molecule has 1 heterocycles. The van der Waals surface area contributed by atoms with Crippen molar-refractivity contribution in [1.82, 2.24) is 10.2 Å². The van der Waals surface area contributed by atoms with E-state index in [-0.39, 0.29) is 27.7 Å². The Morgan fingerprint density at radius 1 is 1.21 bits per heavy atom. The van der Waals surface area contributed by atoms with E-state index in [1.165, 1.54) is 17.0 Å².